The number of amides is 1. The highest BCUT2D eigenvalue weighted by molar-refractivity contribution is 7.17. The maximum atomic E-state index is 13.2. The Morgan fingerprint density at radius 3 is 2.50 bits per heavy atom. The summed E-state index contributed by atoms with van der Waals surface area (Å²) in [5.74, 6) is -0.283. The van der Waals surface area contributed by atoms with E-state index in [2.05, 4.69) is 15.0 Å². The molecule has 1 amide bonds. The van der Waals surface area contributed by atoms with Gasteiger partial charge < -0.3 is 9.64 Å². The molecule has 0 aliphatic heterocycles. The Bertz CT molecular complexity index is 988. The van der Waals surface area contributed by atoms with Crippen molar-refractivity contribution in [2.45, 2.75) is 20.4 Å². The van der Waals surface area contributed by atoms with Gasteiger partial charge in [0.2, 0.25) is 0 Å². The van der Waals surface area contributed by atoms with Gasteiger partial charge in [-0.2, -0.15) is 0 Å². The SMILES string of the molecule is COC(=O)CN(Cc1ccccc1C)C(=O)c1sc(-c2ncccn2)nc1C. The molecule has 0 aliphatic rings. The molecular weight excluding hydrogens is 376 g/mol. The summed E-state index contributed by atoms with van der Waals surface area (Å²) in [4.78, 5) is 39.9. The average Bonchev–Trinajstić information content (AvgIpc) is 3.10. The van der Waals surface area contributed by atoms with Crippen molar-refractivity contribution in [1.82, 2.24) is 19.9 Å². The highest BCUT2D eigenvalue weighted by atomic mass is 32.1. The molecule has 0 bridgehead atoms. The van der Waals surface area contributed by atoms with E-state index in [4.69, 9.17) is 4.74 Å². The summed E-state index contributed by atoms with van der Waals surface area (Å²) in [6.45, 7) is 3.90. The molecular formula is C20H20N4O3S. The predicted molar refractivity (Wildman–Crippen MR) is 106 cm³/mol. The topological polar surface area (TPSA) is 85.3 Å². The fourth-order valence-electron chi connectivity index (χ4n) is 2.66. The maximum absolute atomic E-state index is 13.2. The van der Waals surface area contributed by atoms with Crippen LogP contribution in [-0.2, 0) is 16.1 Å². The van der Waals surface area contributed by atoms with E-state index in [1.807, 2.05) is 31.2 Å². The second kappa shape index (κ2) is 8.71. The van der Waals surface area contributed by atoms with Crippen molar-refractivity contribution in [3.05, 3.63) is 64.4 Å². The molecule has 7 nitrogen and oxygen atoms in total. The fraction of sp³-hybridized carbons (Fsp3) is 0.250. The van der Waals surface area contributed by atoms with Gasteiger partial charge in [-0.1, -0.05) is 24.3 Å². The molecule has 0 saturated carbocycles. The van der Waals surface area contributed by atoms with Crippen LogP contribution in [0.4, 0.5) is 0 Å². The number of hydrogen-bond acceptors (Lipinski definition) is 7. The Balaban J connectivity index is 1.91. The maximum Gasteiger partial charge on any atom is 0.325 e. The van der Waals surface area contributed by atoms with Gasteiger partial charge in [-0.3, -0.25) is 9.59 Å². The number of aromatic nitrogens is 3. The predicted octanol–water partition coefficient (Wildman–Crippen LogP) is 3.03. The van der Waals surface area contributed by atoms with E-state index >= 15 is 0 Å². The van der Waals surface area contributed by atoms with Gasteiger partial charge in [0.05, 0.1) is 12.8 Å². The first-order valence-corrected chi connectivity index (χ1v) is 9.46. The highest BCUT2D eigenvalue weighted by Gasteiger charge is 2.25. The molecule has 28 heavy (non-hydrogen) atoms. The van der Waals surface area contributed by atoms with Gasteiger partial charge >= 0.3 is 5.97 Å². The number of nitrogens with zero attached hydrogens (tertiary/aromatic N) is 4. The van der Waals surface area contributed by atoms with Crippen LogP contribution in [0.1, 0.15) is 26.5 Å². The van der Waals surface area contributed by atoms with Gasteiger partial charge in [-0.25, -0.2) is 15.0 Å². The lowest BCUT2D eigenvalue weighted by Gasteiger charge is -2.22. The van der Waals surface area contributed by atoms with E-state index < -0.39 is 5.97 Å². The summed E-state index contributed by atoms with van der Waals surface area (Å²) in [6, 6.07) is 9.47. The first-order valence-electron chi connectivity index (χ1n) is 8.65. The molecule has 3 rings (SSSR count). The molecule has 2 aromatic heterocycles. The zero-order valence-corrected chi connectivity index (χ0v) is 16.7. The largest absolute Gasteiger partial charge is 0.468 e. The summed E-state index contributed by atoms with van der Waals surface area (Å²) in [7, 11) is 1.31. The third-order valence-electron chi connectivity index (χ3n) is 4.21. The van der Waals surface area contributed by atoms with Gasteiger partial charge in [-0.15, -0.1) is 11.3 Å². The van der Waals surface area contributed by atoms with Gasteiger partial charge in [0.1, 0.15) is 11.4 Å². The van der Waals surface area contributed by atoms with Crippen molar-refractivity contribution in [1.29, 1.82) is 0 Å². The van der Waals surface area contributed by atoms with Crippen LogP contribution in [0.3, 0.4) is 0 Å². The van der Waals surface area contributed by atoms with Crippen molar-refractivity contribution < 1.29 is 14.3 Å². The summed E-state index contributed by atoms with van der Waals surface area (Å²) >= 11 is 1.22. The number of benzene rings is 1. The summed E-state index contributed by atoms with van der Waals surface area (Å²) < 4.78 is 4.77. The van der Waals surface area contributed by atoms with Crippen LogP contribution >= 0.6 is 11.3 Å². The molecule has 0 aliphatic carbocycles. The zero-order valence-electron chi connectivity index (χ0n) is 15.9. The lowest BCUT2D eigenvalue weighted by atomic mass is 10.1. The highest BCUT2D eigenvalue weighted by Crippen LogP contribution is 2.27. The van der Waals surface area contributed by atoms with Crippen LogP contribution < -0.4 is 0 Å². The minimum atomic E-state index is -0.476. The Kier molecular flexibility index (Phi) is 6.10. The van der Waals surface area contributed by atoms with Crippen LogP contribution in [0, 0.1) is 13.8 Å². The summed E-state index contributed by atoms with van der Waals surface area (Å²) in [6.07, 6.45) is 3.25. The average molecular weight is 396 g/mol. The van der Waals surface area contributed by atoms with E-state index in [9.17, 15) is 9.59 Å². The molecule has 0 saturated heterocycles. The molecule has 0 atom stereocenters. The second-order valence-electron chi connectivity index (χ2n) is 6.17. The molecule has 1 aromatic carbocycles. The van der Waals surface area contributed by atoms with Gasteiger partial charge in [0, 0.05) is 18.9 Å². The first kappa shape index (κ1) is 19.6. The Hall–Kier alpha value is -3.13. The molecule has 3 aromatic rings. The minimum absolute atomic E-state index is 0.141. The van der Waals surface area contributed by atoms with Crippen LogP contribution in [0.25, 0.3) is 10.8 Å². The van der Waals surface area contributed by atoms with E-state index in [1.54, 1.807) is 25.4 Å². The van der Waals surface area contributed by atoms with Crippen molar-refractivity contribution in [3.63, 3.8) is 0 Å². The van der Waals surface area contributed by atoms with Crippen molar-refractivity contribution in [3.8, 4) is 10.8 Å². The number of esters is 1. The lowest BCUT2D eigenvalue weighted by molar-refractivity contribution is -0.141. The molecule has 0 fully saturated rings. The lowest BCUT2D eigenvalue weighted by Crippen LogP contribution is -2.35. The van der Waals surface area contributed by atoms with Gasteiger partial charge in [0.15, 0.2) is 10.8 Å². The summed E-state index contributed by atoms with van der Waals surface area (Å²) in [5.41, 5.74) is 2.59. The zero-order chi connectivity index (χ0) is 20.1. The number of aryl methyl sites for hydroxylation is 2. The Morgan fingerprint density at radius 1 is 1.11 bits per heavy atom. The Morgan fingerprint density at radius 2 is 1.82 bits per heavy atom. The molecule has 144 valence electrons. The normalized spacial score (nSPS) is 10.5. The minimum Gasteiger partial charge on any atom is -0.468 e. The molecule has 0 radical (unpaired) electrons. The van der Waals surface area contributed by atoms with E-state index in [1.165, 1.54) is 23.3 Å². The van der Waals surface area contributed by atoms with Crippen LogP contribution in [0.2, 0.25) is 0 Å². The molecule has 8 heteroatoms. The standard InChI is InChI=1S/C20H20N4O3S/c1-13-7-4-5-8-15(13)11-24(12-16(25)27-3)20(26)17-14(2)23-19(28-17)18-21-9-6-10-22-18/h4-10H,11-12H2,1-3H3. The number of methoxy groups -OCH3 is 1. The fourth-order valence-corrected chi connectivity index (χ4v) is 3.64. The second-order valence-corrected chi connectivity index (χ2v) is 7.17. The van der Waals surface area contributed by atoms with Crippen LogP contribution in [-0.4, -0.2) is 45.4 Å². The van der Waals surface area contributed by atoms with Crippen molar-refractivity contribution in [2.75, 3.05) is 13.7 Å². The number of thiazole rings is 1. The number of hydrogen-bond donors (Lipinski definition) is 0. The van der Waals surface area contributed by atoms with E-state index in [-0.39, 0.29) is 12.5 Å². The first-order chi connectivity index (χ1) is 13.5. The van der Waals surface area contributed by atoms with Crippen molar-refractivity contribution >= 4 is 23.2 Å². The number of carbonyl (C=O) groups excluding carboxylic acids is 2. The Labute approximate surface area is 167 Å². The third kappa shape index (κ3) is 4.40. The monoisotopic (exact) mass is 396 g/mol. The van der Waals surface area contributed by atoms with Crippen LogP contribution in [0.5, 0.6) is 0 Å². The quantitative estimate of drug-likeness (QED) is 0.596. The van der Waals surface area contributed by atoms with Crippen LogP contribution in [0.15, 0.2) is 42.7 Å². The molecule has 0 spiro atoms. The number of carbonyl (C=O) groups is 2. The van der Waals surface area contributed by atoms with Gasteiger partial charge in [-0.05, 0) is 31.0 Å². The summed E-state index contributed by atoms with van der Waals surface area (Å²) in [5, 5.41) is 0.565. The van der Waals surface area contributed by atoms with E-state index in [0.717, 1.165) is 11.1 Å². The third-order valence-corrected chi connectivity index (χ3v) is 5.35. The number of ether oxygens (including phenoxy) is 1. The van der Waals surface area contributed by atoms with E-state index in [0.29, 0.717) is 27.9 Å². The van der Waals surface area contributed by atoms with Crippen molar-refractivity contribution in [2.24, 2.45) is 0 Å². The molecule has 0 N–H and O–H groups in total. The molecule has 2 heterocycles. The smallest absolute Gasteiger partial charge is 0.325 e. The molecule has 0 unspecified atom stereocenters. The van der Waals surface area contributed by atoms with Gasteiger partial charge in [0.25, 0.3) is 5.91 Å². The number of rotatable bonds is 6.